The molecule has 78 valence electrons. The zero-order valence-corrected chi connectivity index (χ0v) is 9.92. The van der Waals surface area contributed by atoms with E-state index in [1.165, 1.54) is 13.2 Å². The van der Waals surface area contributed by atoms with E-state index in [9.17, 15) is 10.2 Å². The van der Waals surface area contributed by atoms with Gasteiger partial charge in [0.05, 0.1) is 17.2 Å². The van der Waals surface area contributed by atoms with Gasteiger partial charge >= 0.3 is 0 Å². The average Bonchev–Trinajstić information content (AvgIpc) is 2.02. The van der Waals surface area contributed by atoms with Crippen LogP contribution in [0.5, 0.6) is 11.5 Å². The minimum absolute atomic E-state index is 0.0465. The molecule has 0 saturated carbocycles. The molecule has 0 aliphatic rings. The van der Waals surface area contributed by atoms with E-state index in [0.29, 0.717) is 15.8 Å². The smallest absolute Gasteiger partial charge is 0.133 e. The molecule has 0 radical (unpaired) electrons. The number of benzene rings is 1. The second-order valence-electron chi connectivity index (χ2n) is 3.56. The predicted molar refractivity (Wildman–Crippen MR) is 57.6 cm³/mol. The molecule has 0 spiro atoms. The molecule has 0 heterocycles. The van der Waals surface area contributed by atoms with E-state index < -0.39 is 5.60 Å². The third kappa shape index (κ3) is 2.19. The van der Waals surface area contributed by atoms with Gasteiger partial charge in [-0.15, -0.1) is 0 Å². The third-order valence-corrected chi connectivity index (χ3v) is 2.55. The number of halogens is 1. The average molecular weight is 261 g/mol. The number of hydrogen-bond donors (Lipinski definition) is 2. The van der Waals surface area contributed by atoms with E-state index in [1.807, 2.05) is 0 Å². The van der Waals surface area contributed by atoms with Crippen molar-refractivity contribution in [3.63, 3.8) is 0 Å². The SMILES string of the molecule is COc1cc(C(C)(C)O)c(O)cc1Br. The van der Waals surface area contributed by atoms with E-state index in [-0.39, 0.29) is 5.75 Å². The maximum absolute atomic E-state index is 9.75. The summed E-state index contributed by atoms with van der Waals surface area (Å²) in [6, 6.07) is 3.12. The first-order valence-corrected chi connectivity index (χ1v) is 4.95. The number of rotatable bonds is 2. The van der Waals surface area contributed by atoms with E-state index in [2.05, 4.69) is 15.9 Å². The van der Waals surface area contributed by atoms with Gasteiger partial charge in [0.1, 0.15) is 11.5 Å². The molecule has 0 aliphatic heterocycles. The van der Waals surface area contributed by atoms with Gasteiger partial charge in [-0.2, -0.15) is 0 Å². The van der Waals surface area contributed by atoms with Crippen LogP contribution in [0, 0.1) is 0 Å². The first kappa shape index (κ1) is 11.3. The van der Waals surface area contributed by atoms with Gasteiger partial charge in [-0.25, -0.2) is 0 Å². The molecule has 4 heteroatoms. The first-order chi connectivity index (χ1) is 6.36. The summed E-state index contributed by atoms with van der Waals surface area (Å²) in [6.07, 6.45) is 0. The summed E-state index contributed by atoms with van der Waals surface area (Å²) in [5.74, 6) is 0.630. The number of aliphatic hydroxyl groups is 1. The number of phenolic OH excluding ortho intramolecular Hbond substituents is 1. The van der Waals surface area contributed by atoms with Crippen molar-refractivity contribution in [1.29, 1.82) is 0 Å². The largest absolute Gasteiger partial charge is 0.508 e. The lowest BCUT2D eigenvalue weighted by atomic mass is 9.97. The molecule has 14 heavy (non-hydrogen) atoms. The molecule has 0 aliphatic carbocycles. The quantitative estimate of drug-likeness (QED) is 0.859. The van der Waals surface area contributed by atoms with Gasteiger partial charge in [0.25, 0.3) is 0 Å². The molecule has 3 nitrogen and oxygen atoms in total. The Bertz CT molecular complexity index is 342. The van der Waals surface area contributed by atoms with Gasteiger partial charge in [0.15, 0.2) is 0 Å². The van der Waals surface area contributed by atoms with Crippen molar-refractivity contribution in [2.24, 2.45) is 0 Å². The highest BCUT2D eigenvalue weighted by Gasteiger charge is 2.22. The molecule has 0 unspecified atom stereocenters. The molecule has 0 aromatic heterocycles. The predicted octanol–water partition coefficient (Wildman–Crippen LogP) is 2.39. The Morgan fingerprint density at radius 2 is 1.93 bits per heavy atom. The lowest BCUT2D eigenvalue weighted by Gasteiger charge is -2.20. The Morgan fingerprint density at radius 1 is 1.36 bits per heavy atom. The highest BCUT2D eigenvalue weighted by molar-refractivity contribution is 9.10. The summed E-state index contributed by atoms with van der Waals surface area (Å²) < 4.78 is 5.72. The monoisotopic (exact) mass is 260 g/mol. The van der Waals surface area contributed by atoms with Crippen LogP contribution in [0.25, 0.3) is 0 Å². The maximum atomic E-state index is 9.75. The molecular weight excluding hydrogens is 248 g/mol. The highest BCUT2D eigenvalue weighted by atomic mass is 79.9. The second kappa shape index (κ2) is 3.79. The number of phenols is 1. The third-order valence-electron chi connectivity index (χ3n) is 1.93. The van der Waals surface area contributed by atoms with Crippen LogP contribution < -0.4 is 4.74 Å². The van der Waals surface area contributed by atoms with Crippen LogP contribution in [0.4, 0.5) is 0 Å². The minimum Gasteiger partial charge on any atom is -0.508 e. The fourth-order valence-electron chi connectivity index (χ4n) is 1.19. The Hall–Kier alpha value is -0.740. The molecule has 0 amide bonds. The summed E-state index contributed by atoms with van der Waals surface area (Å²) in [7, 11) is 1.53. The summed E-state index contributed by atoms with van der Waals surface area (Å²) in [6.45, 7) is 3.21. The molecule has 0 fully saturated rings. The second-order valence-corrected chi connectivity index (χ2v) is 4.42. The Labute approximate surface area is 91.5 Å². The molecule has 1 aromatic rings. The molecule has 0 saturated heterocycles. The number of aromatic hydroxyl groups is 1. The molecular formula is C10H13BrO3. The van der Waals surface area contributed by atoms with Gasteiger partial charge in [0.2, 0.25) is 0 Å². The van der Waals surface area contributed by atoms with Crippen molar-refractivity contribution in [3.8, 4) is 11.5 Å². The topological polar surface area (TPSA) is 49.7 Å². The van der Waals surface area contributed by atoms with Crippen molar-refractivity contribution in [3.05, 3.63) is 22.2 Å². The molecule has 1 rings (SSSR count). The van der Waals surface area contributed by atoms with E-state index >= 15 is 0 Å². The van der Waals surface area contributed by atoms with Crippen LogP contribution in [0.15, 0.2) is 16.6 Å². The van der Waals surface area contributed by atoms with Crippen molar-refractivity contribution in [2.45, 2.75) is 19.4 Å². The number of ether oxygens (including phenoxy) is 1. The van der Waals surface area contributed by atoms with E-state index in [0.717, 1.165) is 0 Å². The Kier molecular flexibility index (Phi) is 3.07. The number of methoxy groups -OCH3 is 1. The van der Waals surface area contributed by atoms with Crippen molar-refractivity contribution in [2.75, 3.05) is 7.11 Å². The van der Waals surface area contributed by atoms with Gasteiger partial charge in [-0.1, -0.05) is 0 Å². The molecule has 2 N–H and O–H groups in total. The van der Waals surface area contributed by atoms with Crippen molar-refractivity contribution in [1.82, 2.24) is 0 Å². The molecule has 1 aromatic carbocycles. The Balaban J connectivity index is 3.32. The normalized spacial score (nSPS) is 11.5. The highest BCUT2D eigenvalue weighted by Crippen LogP contribution is 2.37. The maximum Gasteiger partial charge on any atom is 0.133 e. The van der Waals surface area contributed by atoms with Crippen LogP contribution in [-0.4, -0.2) is 17.3 Å². The first-order valence-electron chi connectivity index (χ1n) is 4.15. The van der Waals surface area contributed by atoms with E-state index in [4.69, 9.17) is 4.74 Å². The van der Waals surface area contributed by atoms with Gasteiger partial charge in [0, 0.05) is 5.56 Å². The minimum atomic E-state index is -1.09. The Morgan fingerprint density at radius 3 is 2.36 bits per heavy atom. The van der Waals surface area contributed by atoms with Crippen LogP contribution in [0.2, 0.25) is 0 Å². The van der Waals surface area contributed by atoms with E-state index in [1.54, 1.807) is 19.9 Å². The van der Waals surface area contributed by atoms with Gasteiger partial charge < -0.3 is 14.9 Å². The van der Waals surface area contributed by atoms with Crippen LogP contribution in [0.1, 0.15) is 19.4 Å². The number of hydrogen-bond acceptors (Lipinski definition) is 3. The van der Waals surface area contributed by atoms with Crippen LogP contribution >= 0.6 is 15.9 Å². The van der Waals surface area contributed by atoms with Crippen LogP contribution in [0.3, 0.4) is 0 Å². The van der Waals surface area contributed by atoms with Crippen molar-refractivity contribution >= 4 is 15.9 Å². The zero-order valence-electron chi connectivity index (χ0n) is 8.34. The summed E-state index contributed by atoms with van der Waals surface area (Å²) >= 11 is 3.24. The summed E-state index contributed by atoms with van der Waals surface area (Å²) in [5.41, 5.74) is -0.643. The molecule has 0 atom stereocenters. The standard InChI is InChI=1S/C10H13BrO3/c1-10(2,13)6-4-9(14-3)7(11)5-8(6)12/h4-5,12-13H,1-3H3. The molecule has 0 bridgehead atoms. The summed E-state index contributed by atoms with van der Waals surface area (Å²) in [4.78, 5) is 0. The van der Waals surface area contributed by atoms with Gasteiger partial charge in [-0.3, -0.25) is 0 Å². The fourth-order valence-corrected chi connectivity index (χ4v) is 1.68. The lowest BCUT2D eigenvalue weighted by Crippen LogP contribution is -2.15. The zero-order chi connectivity index (χ0) is 10.9. The lowest BCUT2D eigenvalue weighted by molar-refractivity contribution is 0.0755. The van der Waals surface area contributed by atoms with Crippen molar-refractivity contribution < 1.29 is 14.9 Å². The summed E-state index contributed by atoms with van der Waals surface area (Å²) in [5, 5.41) is 19.4. The van der Waals surface area contributed by atoms with Crippen LogP contribution in [-0.2, 0) is 5.60 Å². The fraction of sp³-hybridized carbons (Fsp3) is 0.400. The van der Waals surface area contributed by atoms with Gasteiger partial charge in [-0.05, 0) is 41.9 Å².